The number of aliphatic hydroxyl groups is 1. The molecule has 0 saturated carbocycles. The minimum Gasteiger partial charge on any atom is -0.491 e. The zero-order chi connectivity index (χ0) is 22.8. The normalized spacial score (nSPS) is 13.0. The summed E-state index contributed by atoms with van der Waals surface area (Å²) in [6, 6.07) is 12.1. The standard InChI is InChI=1S/C23H25NO8/c25-12-13-29-18-9-6-16(7-10-18)19(4-2-1-3-5-22(26)27)32-23(28)24-17-8-11-20-21(14-17)31-15-30-20/h3,5-11,14,19,25H,1-2,4,12-13,15H2,(H,24,28)(H,26,27)/b5-3+/t19-/m0/s1. The number of carbonyl (C=O) groups is 2. The summed E-state index contributed by atoms with van der Waals surface area (Å²) in [6.45, 7) is 0.240. The molecule has 1 aliphatic rings. The summed E-state index contributed by atoms with van der Waals surface area (Å²) in [5, 5.41) is 20.3. The fourth-order valence-corrected chi connectivity index (χ4v) is 3.09. The van der Waals surface area contributed by atoms with Crippen LogP contribution in [0, 0.1) is 0 Å². The lowest BCUT2D eigenvalue weighted by Crippen LogP contribution is -2.17. The van der Waals surface area contributed by atoms with Gasteiger partial charge in [0, 0.05) is 17.8 Å². The predicted molar refractivity (Wildman–Crippen MR) is 115 cm³/mol. The van der Waals surface area contributed by atoms with Crippen LogP contribution in [0.5, 0.6) is 17.2 Å². The summed E-state index contributed by atoms with van der Waals surface area (Å²) in [5.74, 6) is 0.748. The van der Waals surface area contributed by atoms with Crippen LogP contribution in [0.15, 0.2) is 54.6 Å². The van der Waals surface area contributed by atoms with Gasteiger partial charge in [0.1, 0.15) is 18.5 Å². The number of aliphatic carboxylic acids is 1. The Bertz CT molecular complexity index is 942. The largest absolute Gasteiger partial charge is 0.491 e. The summed E-state index contributed by atoms with van der Waals surface area (Å²) >= 11 is 0. The second kappa shape index (κ2) is 11.6. The van der Waals surface area contributed by atoms with E-state index in [1.165, 1.54) is 0 Å². The van der Waals surface area contributed by atoms with Crippen LogP contribution in [0.2, 0.25) is 0 Å². The highest BCUT2D eigenvalue weighted by molar-refractivity contribution is 5.85. The molecule has 0 aliphatic carbocycles. The van der Waals surface area contributed by atoms with Crippen molar-refractivity contribution >= 4 is 17.7 Å². The monoisotopic (exact) mass is 443 g/mol. The van der Waals surface area contributed by atoms with Crippen molar-refractivity contribution in [1.29, 1.82) is 0 Å². The van der Waals surface area contributed by atoms with Crippen LogP contribution in [0.25, 0.3) is 0 Å². The lowest BCUT2D eigenvalue weighted by atomic mass is 10.0. The maximum atomic E-state index is 12.5. The van der Waals surface area contributed by atoms with Gasteiger partial charge in [-0.15, -0.1) is 0 Å². The smallest absolute Gasteiger partial charge is 0.412 e. The molecule has 0 radical (unpaired) electrons. The number of rotatable bonds is 11. The van der Waals surface area contributed by atoms with E-state index >= 15 is 0 Å². The molecule has 1 atom stereocenters. The number of unbranched alkanes of at least 4 members (excludes halogenated alkanes) is 1. The number of anilines is 1. The molecular weight excluding hydrogens is 418 g/mol. The lowest BCUT2D eigenvalue weighted by molar-refractivity contribution is -0.131. The summed E-state index contributed by atoms with van der Waals surface area (Å²) in [4.78, 5) is 23.1. The van der Waals surface area contributed by atoms with Crippen LogP contribution < -0.4 is 19.5 Å². The first kappa shape index (κ1) is 23.0. The molecule has 2 aromatic rings. The number of benzene rings is 2. The third-order valence-electron chi connectivity index (χ3n) is 4.58. The van der Waals surface area contributed by atoms with Gasteiger partial charge >= 0.3 is 12.1 Å². The number of nitrogens with one attached hydrogen (secondary N) is 1. The second-order valence-electron chi connectivity index (χ2n) is 6.90. The molecule has 2 aromatic carbocycles. The van der Waals surface area contributed by atoms with Gasteiger partial charge in [-0.25, -0.2) is 9.59 Å². The van der Waals surface area contributed by atoms with E-state index in [1.807, 2.05) is 0 Å². The first-order valence-electron chi connectivity index (χ1n) is 10.2. The van der Waals surface area contributed by atoms with Gasteiger partial charge in [-0.1, -0.05) is 18.2 Å². The number of carbonyl (C=O) groups excluding carboxylic acids is 1. The number of hydrogen-bond donors (Lipinski definition) is 3. The summed E-state index contributed by atoms with van der Waals surface area (Å²) in [5.41, 5.74) is 1.28. The van der Waals surface area contributed by atoms with Crippen molar-refractivity contribution in [2.75, 3.05) is 25.3 Å². The van der Waals surface area contributed by atoms with Gasteiger partial charge in [-0.3, -0.25) is 5.32 Å². The maximum absolute atomic E-state index is 12.5. The van der Waals surface area contributed by atoms with E-state index in [9.17, 15) is 9.59 Å². The highest BCUT2D eigenvalue weighted by atomic mass is 16.7. The fourth-order valence-electron chi connectivity index (χ4n) is 3.09. The number of amides is 1. The van der Waals surface area contributed by atoms with Gasteiger partial charge < -0.3 is 29.2 Å². The van der Waals surface area contributed by atoms with Gasteiger partial charge in [-0.05, 0) is 49.1 Å². The molecule has 9 heteroatoms. The number of hydrogen-bond acceptors (Lipinski definition) is 7. The Morgan fingerprint density at radius 1 is 1.12 bits per heavy atom. The van der Waals surface area contributed by atoms with Crippen molar-refractivity contribution in [3.05, 3.63) is 60.2 Å². The number of allylic oxidation sites excluding steroid dienone is 1. The van der Waals surface area contributed by atoms with Crippen LogP contribution in [0.3, 0.4) is 0 Å². The second-order valence-corrected chi connectivity index (χ2v) is 6.90. The molecule has 1 heterocycles. The molecule has 170 valence electrons. The van der Waals surface area contributed by atoms with Crippen LogP contribution in [-0.2, 0) is 9.53 Å². The van der Waals surface area contributed by atoms with Crippen molar-refractivity contribution in [3.63, 3.8) is 0 Å². The average Bonchev–Trinajstić information content (AvgIpc) is 3.25. The van der Waals surface area contributed by atoms with Crippen LogP contribution in [0.4, 0.5) is 10.5 Å². The van der Waals surface area contributed by atoms with Gasteiger partial charge in [-0.2, -0.15) is 0 Å². The highest BCUT2D eigenvalue weighted by Crippen LogP contribution is 2.34. The SMILES string of the molecule is O=C(O)/C=C/CCC[C@H](OC(=O)Nc1ccc2c(c1)OCO2)c1ccc(OCCO)cc1. The Morgan fingerprint density at radius 3 is 2.66 bits per heavy atom. The van der Waals surface area contributed by atoms with E-state index in [0.29, 0.717) is 42.2 Å². The van der Waals surface area contributed by atoms with Crippen molar-refractivity contribution in [1.82, 2.24) is 0 Å². The van der Waals surface area contributed by atoms with Gasteiger partial charge in [0.2, 0.25) is 6.79 Å². The van der Waals surface area contributed by atoms with E-state index in [0.717, 1.165) is 11.6 Å². The van der Waals surface area contributed by atoms with Gasteiger partial charge in [0.05, 0.1) is 6.61 Å². The summed E-state index contributed by atoms with van der Waals surface area (Å²) in [7, 11) is 0. The Balaban J connectivity index is 1.63. The van der Waals surface area contributed by atoms with Crippen molar-refractivity contribution < 1.29 is 38.7 Å². The highest BCUT2D eigenvalue weighted by Gasteiger charge is 2.19. The topological polar surface area (TPSA) is 124 Å². The minimum absolute atomic E-state index is 0.0859. The number of fused-ring (bicyclic) bond motifs is 1. The molecule has 3 N–H and O–H groups in total. The van der Waals surface area contributed by atoms with Crippen molar-refractivity contribution in [3.8, 4) is 17.2 Å². The van der Waals surface area contributed by atoms with Crippen LogP contribution in [0.1, 0.15) is 30.9 Å². The molecule has 0 fully saturated rings. The first-order chi connectivity index (χ1) is 15.5. The lowest BCUT2D eigenvalue weighted by Gasteiger charge is -2.19. The third kappa shape index (κ3) is 6.92. The quantitative estimate of drug-likeness (QED) is 0.353. The molecular formula is C23H25NO8. The molecule has 3 rings (SSSR count). The van der Waals surface area contributed by atoms with E-state index in [-0.39, 0.29) is 20.0 Å². The first-order valence-corrected chi connectivity index (χ1v) is 10.2. The number of carboxylic acid groups (broad SMARTS) is 1. The molecule has 32 heavy (non-hydrogen) atoms. The third-order valence-corrected chi connectivity index (χ3v) is 4.58. The summed E-state index contributed by atoms with van der Waals surface area (Å²) < 4.78 is 21.6. The van der Waals surface area contributed by atoms with E-state index < -0.39 is 18.2 Å². The van der Waals surface area contributed by atoms with Crippen LogP contribution >= 0.6 is 0 Å². The Hall–Kier alpha value is -3.72. The molecule has 1 aliphatic heterocycles. The fraction of sp³-hybridized carbons (Fsp3) is 0.304. The number of carboxylic acids is 1. The van der Waals surface area contributed by atoms with Crippen molar-refractivity contribution in [2.45, 2.75) is 25.4 Å². The predicted octanol–water partition coefficient (Wildman–Crippen LogP) is 3.89. The molecule has 1 amide bonds. The molecule has 9 nitrogen and oxygen atoms in total. The molecule has 0 bridgehead atoms. The van der Waals surface area contributed by atoms with E-state index in [2.05, 4.69) is 5.32 Å². The van der Waals surface area contributed by atoms with Crippen LogP contribution in [-0.4, -0.2) is 42.3 Å². The Kier molecular flexibility index (Phi) is 8.33. The van der Waals surface area contributed by atoms with Gasteiger partial charge in [0.15, 0.2) is 11.5 Å². The molecule has 0 spiro atoms. The maximum Gasteiger partial charge on any atom is 0.412 e. The van der Waals surface area contributed by atoms with E-state index in [4.69, 9.17) is 29.2 Å². The average molecular weight is 443 g/mol. The zero-order valence-corrected chi connectivity index (χ0v) is 17.4. The zero-order valence-electron chi connectivity index (χ0n) is 17.4. The number of aliphatic hydroxyl groups excluding tert-OH is 1. The van der Waals surface area contributed by atoms with Gasteiger partial charge in [0.25, 0.3) is 0 Å². The van der Waals surface area contributed by atoms with E-state index in [1.54, 1.807) is 48.5 Å². The molecule has 0 aromatic heterocycles. The Morgan fingerprint density at radius 2 is 1.91 bits per heavy atom. The summed E-state index contributed by atoms with van der Waals surface area (Å²) in [6.07, 6.45) is 3.13. The Labute approximate surface area is 185 Å². The minimum atomic E-state index is -1.00. The molecule has 0 unspecified atom stereocenters. The number of ether oxygens (including phenoxy) is 4. The van der Waals surface area contributed by atoms with Crippen molar-refractivity contribution in [2.24, 2.45) is 0 Å². The molecule has 0 saturated heterocycles.